The number of carbonyl (C=O) groups is 1. The molecule has 0 fully saturated rings. The molecule has 1 aromatic carbocycles. The molecule has 0 aliphatic rings. The predicted molar refractivity (Wildman–Crippen MR) is 67.7 cm³/mol. The Morgan fingerprint density at radius 3 is 3.11 bits per heavy atom. The lowest BCUT2D eigenvalue weighted by molar-refractivity contribution is 0.0794. The number of hydrogen-bond donors (Lipinski definition) is 2. The maximum atomic E-state index is 12.1. The average molecular weight is 243 g/mol. The number of amides is 1. The van der Waals surface area contributed by atoms with Crippen LogP contribution in [0, 0.1) is 11.3 Å². The van der Waals surface area contributed by atoms with Crippen molar-refractivity contribution >= 4 is 22.5 Å². The fraction of sp³-hybridized carbons (Fsp3) is 0.250. The van der Waals surface area contributed by atoms with E-state index in [0.29, 0.717) is 29.7 Å². The van der Waals surface area contributed by atoms with Gasteiger partial charge in [-0.1, -0.05) is 0 Å². The summed E-state index contributed by atoms with van der Waals surface area (Å²) in [6.07, 6.45) is 0.298. The molecule has 6 nitrogen and oxygen atoms in total. The first-order valence-corrected chi connectivity index (χ1v) is 5.49. The van der Waals surface area contributed by atoms with Crippen LogP contribution in [-0.2, 0) is 0 Å². The van der Waals surface area contributed by atoms with Crippen LogP contribution in [0.25, 0.3) is 10.9 Å². The Morgan fingerprint density at radius 2 is 2.39 bits per heavy atom. The molecule has 1 heterocycles. The van der Waals surface area contributed by atoms with Gasteiger partial charge in [-0.3, -0.25) is 9.89 Å². The van der Waals surface area contributed by atoms with Crippen molar-refractivity contribution in [2.45, 2.75) is 6.42 Å². The third-order valence-electron chi connectivity index (χ3n) is 2.70. The van der Waals surface area contributed by atoms with Crippen molar-refractivity contribution < 1.29 is 4.79 Å². The normalized spacial score (nSPS) is 10.2. The zero-order valence-corrected chi connectivity index (χ0v) is 9.97. The van der Waals surface area contributed by atoms with Crippen LogP contribution in [0.1, 0.15) is 16.9 Å². The van der Waals surface area contributed by atoms with Crippen molar-refractivity contribution in [2.75, 3.05) is 19.3 Å². The highest BCUT2D eigenvalue weighted by atomic mass is 16.2. The molecule has 0 bridgehead atoms. The first kappa shape index (κ1) is 11.9. The molecule has 0 aliphatic heterocycles. The second-order valence-corrected chi connectivity index (χ2v) is 4.01. The topological polar surface area (TPSA) is 98.8 Å². The van der Waals surface area contributed by atoms with E-state index >= 15 is 0 Å². The Morgan fingerprint density at radius 1 is 1.61 bits per heavy atom. The minimum atomic E-state index is -0.220. The highest BCUT2D eigenvalue weighted by Crippen LogP contribution is 2.19. The van der Waals surface area contributed by atoms with E-state index in [1.165, 1.54) is 4.90 Å². The van der Waals surface area contributed by atoms with Crippen LogP contribution >= 0.6 is 0 Å². The van der Waals surface area contributed by atoms with E-state index in [4.69, 9.17) is 11.0 Å². The molecule has 2 rings (SSSR count). The van der Waals surface area contributed by atoms with Gasteiger partial charge in [0.1, 0.15) is 0 Å². The van der Waals surface area contributed by atoms with Gasteiger partial charge in [-0.15, -0.1) is 0 Å². The zero-order chi connectivity index (χ0) is 13.1. The molecule has 2 aromatic rings. The predicted octanol–water partition coefficient (Wildman–Crippen LogP) is 1.13. The lowest BCUT2D eigenvalue weighted by Crippen LogP contribution is -2.28. The molecule has 1 amide bonds. The van der Waals surface area contributed by atoms with Gasteiger partial charge < -0.3 is 10.6 Å². The van der Waals surface area contributed by atoms with Crippen LogP contribution in [0.5, 0.6) is 0 Å². The monoisotopic (exact) mass is 243 g/mol. The van der Waals surface area contributed by atoms with Crippen molar-refractivity contribution in [1.29, 1.82) is 5.26 Å². The first-order chi connectivity index (χ1) is 8.63. The van der Waals surface area contributed by atoms with Gasteiger partial charge in [-0.25, -0.2) is 0 Å². The van der Waals surface area contributed by atoms with Crippen molar-refractivity contribution in [3.8, 4) is 6.07 Å². The molecule has 0 atom stereocenters. The third kappa shape index (κ3) is 2.11. The van der Waals surface area contributed by atoms with Crippen molar-refractivity contribution in [3.63, 3.8) is 0 Å². The highest BCUT2D eigenvalue weighted by molar-refractivity contribution is 6.05. The number of benzene rings is 1. The molecule has 1 aromatic heterocycles. The Bertz CT molecular complexity index is 625. The van der Waals surface area contributed by atoms with Gasteiger partial charge >= 0.3 is 0 Å². The van der Waals surface area contributed by atoms with Crippen LogP contribution in [0.3, 0.4) is 0 Å². The summed E-state index contributed by atoms with van der Waals surface area (Å²) < 4.78 is 0. The molecular formula is C12H13N5O. The zero-order valence-electron chi connectivity index (χ0n) is 9.97. The lowest BCUT2D eigenvalue weighted by Gasteiger charge is -2.13. The number of nitrogens with two attached hydrogens (primary N) is 1. The maximum Gasteiger partial charge on any atom is 0.274 e. The summed E-state index contributed by atoms with van der Waals surface area (Å²) >= 11 is 0. The lowest BCUT2D eigenvalue weighted by atomic mass is 10.2. The second-order valence-electron chi connectivity index (χ2n) is 4.01. The number of nitrogens with one attached hydrogen (secondary N) is 1. The van der Waals surface area contributed by atoms with E-state index in [1.54, 1.807) is 25.2 Å². The second kappa shape index (κ2) is 4.75. The summed E-state index contributed by atoms with van der Waals surface area (Å²) in [5, 5.41) is 16.0. The van der Waals surface area contributed by atoms with Crippen molar-refractivity contribution in [3.05, 3.63) is 23.9 Å². The number of carbonyl (C=O) groups excluding carboxylic acids is 1. The molecule has 0 saturated carbocycles. The van der Waals surface area contributed by atoms with Gasteiger partial charge in [0.25, 0.3) is 5.91 Å². The number of H-pyrrole nitrogens is 1. The first-order valence-electron chi connectivity index (χ1n) is 5.49. The van der Waals surface area contributed by atoms with Crippen LogP contribution in [0.15, 0.2) is 18.2 Å². The fourth-order valence-electron chi connectivity index (χ4n) is 1.69. The van der Waals surface area contributed by atoms with E-state index in [1.807, 2.05) is 6.07 Å². The third-order valence-corrected chi connectivity index (χ3v) is 2.70. The van der Waals surface area contributed by atoms with Gasteiger partial charge in [0.2, 0.25) is 0 Å². The number of rotatable bonds is 3. The van der Waals surface area contributed by atoms with Crippen LogP contribution in [0.4, 0.5) is 5.69 Å². The number of fused-ring (bicyclic) bond motifs is 1. The summed E-state index contributed by atoms with van der Waals surface area (Å²) in [5.41, 5.74) is 7.38. The number of nitrogen functional groups attached to an aromatic ring is 1. The summed E-state index contributed by atoms with van der Waals surface area (Å²) in [4.78, 5) is 13.6. The summed E-state index contributed by atoms with van der Waals surface area (Å²) in [6, 6.07) is 7.24. The summed E-state index contributed by atoms with van der Waals surface area (Å²) in [6.45, 7) is 0.381. The summed E-state index contributed by atoms with van der Waals surface area (Å²) in [5.74, 6) is -0.220. The quantitative estimate of drug-likeness (QED) is 0.789. The van der Waals surface area contributed by atoms with E-state index < -0.39 is 0 Å². The molecule has 3 N–H and O–H groups in total. The smallest absolute Gasteiger partial charge is 0.274 e. The Kier molecular flexibility index (Phi) is 3.15. The van der Waals surface area contributed by atoms with Crippen LogP contribution in [0.2, 0.25) is 0 Å². The number of aromatic nitrogens is 2. The Hall–Kier alpha value is -2.55. The molecule has 0 aliphatic carbocycles. The summed E-state index contributed by atoms with van der Waals surface area (Å²) in [7, 11) is 1.65. The highest BCUT2D eigenvalue weighted by Gasteiger charge is 2.17. The van der Waals surface area contributed by atoms with E-state index in [9.17, 15) is 4.79 Å². The molecular weight excluding hydrogens is 230 g/mol. The minimum Gasteiger partial charge on any atom is -0.399 e. The number of anilines is 1. The van der Waals surface area contributed by atoms with E-state index in [0.717, 1.165) is 5.52 Å². The maximum absolute atomic E-state index is 12.1. The fourth-order valence-corrected chi connectivity index (χ4v) is 1.69. The van der Waals surface area contributed by atoms with Crippen LogP contribution in [-0.4, -0.2) is 34.6 Å². The molecule has 6 heteroatoms. The van der Waals surface area contributed by atoms with Gasteiger partial charge in [0.05, 0.1) is 18.0 Å². The van der Waals surface area contributed by atoms with Gasteiger partial charge in [0, 0.05) is 24.7 Å². The molecule has 0 saturated heterocycles. The SMILES string of the molecule is CN(CCC#N)C(=O)c1n[nH]c2ccc(N)cc12. The van der Waals surface area contributed by atoms with Gasteiger partial charge in [-0.2, -0.15) is 10.4 Å². The van der Waals surface area contributed by atoms with Crippen molar-refractivity contribution in [1.82, 2.24) is 15.1 Å². The number of hydrogen-bond acceptors (Lipinski definition) is 4. The van der Waals surface area contributed by atoms with Gasteiger partial charge in [0.15, 0.2) is 5.69 Å². The van der Waals surface area contributed by atoms with Crippen LogP contribution < -0.4 is 5.73 Å². The van der Waals surface area contributed by atoms with Gasteiger partial charge in [-0.05, 0) is 18.2 Å². The Labute approximate surface area is 104 Å². The molecule has 92 valence electrons. The molecule has 0 spiro atoms. The van der Waals surface area contributed by atoms with Crippen molar-refractivity contribution in [2.24, 2.45) is 0 Å². The van der Waals surface area contributed by atoms with E-state index in [2.05, 4.69) is 10.2 Å². The molecule has 0 radical (unpaired) electrons. The van der Waals surface area contributed by atoms with E-state index in [-0.39, 0.29) is 5.91 Å². The Balaban J connectivity index is 2.33. The number of nitriles is 1. The largest absolute Gasteiger partial charge is 0.399 e. The molecule has 0 unspecified atom stereocenters. The standard InChI is InChI=1S/C12H13N5O/c1-17(6-2-5-13)12(18)11-9-7-8(14)3-4-10(9)15-16-11/h3-4,7H,2,6,14H2,1H3,(H,15,16). The average Bonchev–Trinajstić information content (AvgIpc) is 2.77. The number of aromatic amines is 1. The molecule has 18 heavy (non-hydrogen) atoms. The minimum absolute atomic E-state index is 0.220. The number of nitrogens with zero attached hydrogens (tertiary/aromatic N) is 3.